The molecule has 0 N–H and O–H groups in total. The van der Waals surface area contributed by atoms with E-state index in [0.29, 0.717) is 21.0 Å². The lowest BCUT2D eigenvalue weighted by molar-refractivity contribution is -0.115. The van der Waals surface area contributed by atoms with Gasteiger partial charge in [0.1, 0.15) is 0 Å². The molecule has 0 fully saturated rings. The Hall–Kier alpha value is -0.480. The third-order valence-electron chi connectivity index (χ3n) is 2.27. The number of ketones is 2. The van der Waals surface area contributed by atoms with Crippen molar-refractivity contribution in [1.82, 2.24) is 0 Å². The highest BCUT2D eigenvalue weighted by Crippen LogP contribution is 2.34. The smallest absolute Gasteiger partial charge is 0.196 e. The Bertz CT molecular complexity index is 330. The van der Waals surface area contributed by atoms with Gasteiger partial charge in [-0.3, -0.25) is 9.59 Å². The van der Waals surface area contributed by atoms with E-state index < -0.39 is 0 Å². The lowest BCUT2D eigenvalue weighted by Crippen LogP contribution is -2.18. The topological polar surface area (TPSA) is 34.1 Å². The summed E-state index contributed by atoms with van der Waals surface area (Å²) in [4.78, 5) is 24.7. The van der Waals surface area contributed by atoms with Crippen molar-refractivity contribution >= 4 is 35.1 Å². The molecular formula is C10H12O2S2. The molecule has 0 bridgehead atoms. The predicted molar refractivity (Wildman–Crippen MR) is 62.4 cm³/mol. The van der Waals surface area contributed by atoms with E-state index in [1.54, 1.807) is 13.8 Å². The van der Waals surface area contributed by atoms with Crippen LogP contribution in [0.1, 0.15) is 13.8 Å². The van der Waals surface area contributed by atoms with Crippen LogP contribution in [0.3, 0.4) is 0 Å². The Morgan fingerprint density at radius 1 is 0.786 bits per heavy atom. The maximum Gasteiger partial charge on any atom is 0.196 e. The van der Waals surface area contributed by atoms with Gasteiger partial charge in [0.05, 0.1) is 9.81 Å². The highest BCUT2D eigenvalue weighted by Gasteiger charge is 2.29. The van der Waals surface area contributed by atoms with Gasteiger partial charge in [-0.15, -0.1) is 23.5 Å². The predicted octanol–water partition coefficient (Wildman–Crippen LogP) is 2.41. The first-order valence-electron chi connectivity index (χ1n) is 4.13. The molecule has 0 saturated carbocycles. The molecule has 1 aliphatic carbocycles. The monoisotopic (exact) mass is 228 g/mol. The van der Waals surface area contributed by atoms with Crippen LogP contribution in [-0.2, 0) is 9.59 Å². The van der Waals surface area contributed by atoms with Crippen LogP contribution in [0, 0.1) is 0 Å². The van der Waals surface area contributed by atoms with E-state index >= 15 is 0 Å². The van der Waals surface area contributed by atoms with Gasteiger partial charge in [-0.05, 0) is 26.4 Å². The Morgan fingerprint density at radius 2 is 1.07 bits per heavy atom. The molecule has 0 atom stereocenters. The molecule has 4 heteroatoms. The van der Waals surface area contributed by atoms with Crippen molar-refractivity contribution in [2.24, 2.45) is 0 Å². The molecule has 0 aromatic heterocycles. The molecule has 0 spiro atoms. The number of carbonyl (C=O) groups is 2. The Kier molecular flexibility index (Phi) is 3.61. The van der Waals surface area contributed by atoms with Crippen molar-refractivity contribution in [2.45, 2.75) is 13.8 Å². The van der Waals surface area contributed by atoms with E-state index in [1.807, 2.05) is 12.5 Å². The summed E-state index contributed by atoms with van der Waals surface area (Å²) < 4.78 is 0. The van der Waals surface area contributed by atoms with Crippen molar-refractivity contribution in [2.75, 3.05) is 12.5 Å². The first-order chi connectivity index (χ1) is 6.54. The highest BCUT2D eigenvalue weighted by atomic mass is 32.2. The molecule has 0 saturated heterocycles. The largest absolute Gasteiger partial charge is 0.288 e. The molecule has 0 heterocycles. The van der Waals surface area contributed by atoms with Crippen LogP contribution in [0.5, 0.6) is 0 Å². The summed E-state index contributed by atoms with van der Waals surface area (Å²) in [5.74, 6) is -0.00194. The summed E-state index contributed by atoms with van der Waals surface area (Å²) in [5, 5.41) is 0. The lowest BCUT2D eigenvalue weighted by Gasteiger charge is -2.17. The van der Waals surface area contributed by atoms with Gasteiger partial charge < -0.3 is 0 Å². The van der Waals surface area contributed by atoms with Crippen molar-refractivity contribution in [3.8, 4) is 0 Å². The normalized spacial score (nSPS) is 18.3. The quantitative estimate of drug-likeness (QED) is 0.680. The molecule has 1 rings (SSSR count). The third-order valence-corrected chi connectivity index (χ3v) is 4.00. The van der Waals surface area contributed by atoms with Gasteiger partial charge in [0, 0.05) is 11.1 Å². The van der Waals surface area contributed by atoms with Gasteiger partial charge in [0.15, 0.2) is 11.6 Å². The Balaban J connectivity index is 3.31. The van der Waals surface area contributed by atoms with Gasteiger partial charge in [-0.2, -0.15) is 0 Å². The average Bonchev–Trinajstić information content (AvgIpc) is 2.20. The molecule has 0 aromatic carbocycles. The van der Waals surface area contributed by atoms with Crippen molar-refractivity contribution in [1.29, 1.82) is 0 Å². The van der Waals surface area contributed by atoms with Crippen LogP contribution in [0.25, 0.3) is 0 Å². The van der Waals surface area contributed by atoms with Crippen LogP contribution in [-0.4, -0.2) is 24.1 Å². The van der Waals surface area contributed by atoms with Crippen LogP contribution in [0.2, 0.25) is 0 Å². The van der Waals surface area contributed by atoms with Crippen LogP contribution < -0.4 is 0 Å². The maximum absolute atomic E-state index is 11.8. The number of allylic oxidation sites excluding steroid dienone is 4. The summed E-state index contributed by atoms with van der Waals surface area (Å²) >= 11 is 2.70. The summed E-state index contributed by atoms with van der Waals surface area (Å²) in [6.45, 7) is 3.42. The first-order valence-corrected chi connectivity index (χ1v) is 6.58. The summed E-state index contributed by atoms with van der Waals surface area (Å²) in [6, 6.07) is 0. The molecule has 76 valence electrons. The number of carbonyl (C=O) groups excluding carboxylic acids is 2. The van der Waals surface area contributed by atoms with E-state index in [-0.39, 0.29) is 11.6 Å². The van der Waals surface area contributed by atoms with Crippen LogP contribution in [0.4, 0.5) is 0 Å². The maximum atomic E-state index is 11.8. The van der Waals surface area contributed by atoms with Crippen LogP contribution >= 0.6 is 23.5 Å². The van der Waals surface area contributed by atoms with Crippen molar-refractivity contribution < 1.29 is 9.59 Å². The molecular weight excluding hydrogens is 216 g/mol. The van der Waals surface area contributed by atoms with Gasteiger partial charge in [0.25, 0.3) is 0 Å². The second-order valence-corrected chi connectivity index (χ2v) is 4.61. The standard InChI is InChI=1S/C10H12O2S2/c1-5-6(2)8(12)10(14-4)9(13-3)7(5)11/h1-4H3. The van der Waals surface area contributed by atoms with Gasteiger partial charge in [0.2, 0.25) is 0 Å². The third kappa shape index (κ3) is 1.68. The minimum atomic E-state index is -0.000972. The van der Waals surface area contributed by atoms with Gasteiger partial charge in [-0.25, -0.2) is 0 Å². The zero-order valence-electron chi connectivity index (χ0n) is 8.63. The van der Waals surface area contributed by atoms with E-state index in [9.17, 15) is 9.59 Å². The fourth-order valence-corrected chi connectivity index (χ4v) is 2.99. The van der Waals surface area contributed by atoms with Crippen LogP contribution in [0.15, 0.2) is 21.0 Å². The summed E-state index contributed by atoms with van der Waals surface area (Å²) in [6.07, 6.45) is 3.65. The van der Waals surface area contributed by atoms with Gasteiger partial charge in [-0.1, -0.05) is 0 Å². The fourth-order valence-electron chi connectivity index (χ4n) is 1.26. The SMILES string of the molecule is CSC1=C(SC)C(=O)C(C)=C(C)C1=O. The molecule has 0 aliphatic heterocycles. The zero-order valence-corrected chi connectivity index (χ0v) is 10.3. The minimum Gasteiger partial charge on any atom is -0.288 e. The Morgan fingerprint density at radius 3 is 1.29 bits per heavy atom. The van der Waals surface area contributed by atoms with Gasteiger partial charge >= 0.3 is 0 Å². The average molecular weight is 228 g/mol. The van der Waals surface area contributed by atoms with Crippen molar-refractivity contribution in [3.63, 3.8) is 0 Å². The zero-order chi connectivity index (χ0) is 10.9. The molecule has 0 aromatic rings. The summed E-state index contributed by atoms with van der Waals surface area (Å²) in [7, 11) is 0. The fraction of sp³-hybridized carbons (Fsp3) is 0.400. The molecule has 0 unspecified atom stereocenters. The number of Topliss-reactive ketones (excluding diaryl/α,β-unsaturated/α-hetero) is 2. The summed E-state index contributed by atoms with van der Waals surface area (Å²) in [5.41, 5.74) is 1.16. The molecule has 0 amide bonds. The number of hydrogen-bond donors (Lipinski definition) is 0. The second kappa shape index (κ2) is 4.36. The minimum absolute atomic E-state index is 0.000972. The number of thioether (sulfide) groups is 2. The number of hydrogen-bond acceptors (Lipinski definition) is 4. The highest BCUT2D eigenvalue weighted by molar-refractivity contribution is 8.07. The molecule has 0 radical (unpaired) electrons. The first kappa shape index (κ1) is 11.6. The molecule has 14 heavy (non-hydrogen) atoms. The second-order valence-electron chi connectivity index (χ2n) is 2.97. The van der Waals surface area contributed by atoms with E-state index in [2.05, 4.69) is 0 Å². The number of rotatable bonds is 2. The van der Waals surface area contributed by atoms with E-state index in [1.165, 1.54) is 23.5 Å². The van der Waals surface area contributed by atoms with Crippen molar-refractivity contribution in [3.05, 3.63) is 21.0 Å². The molecule has 2 nitrogen and oxygen atoms in total. The molecule has 1 aliphatic rings. The van der Waals surface area contributed by atoms with E-state index in [4.69, 9.17) is 0 Å². The Labute approximate surface area is 92.2 Å². The lowest BCUT2D eigenvalue weighted by atomic mass is 9.97. The van der Waals surface area contributed by atoms with E-state index in [0.717, 1.165) is 0 Å².